The van der Waals surface area contributed by atoms with Crippen molar-refractivity contribution in [3.05, 3.63) is 69.6 Å². The summed E-state index contributed by atoms with van der Waals surface area (Å²) < 4.78 is 1.49. The number of anilines is 1. The maximum Gasteiger partial charge on any atom is 0.326 e. The van der Waals surface area contributed by atoms with E-state index < -0.39 is 0 Å². The van der Waals surface area contributed by atoms with E-state index in [1.54, 1.807) is 25.2 Å². The Bertz CT molecular complexity index is 1210. The largest absolute Gasteiger partial charge is 0.326 e. The van der Waals surface area contributed by atoms with Crippen LogP contribution in [-0.2, 0) is 12.8 Å². The molecule has 0 unspecified atom stereocenters. The normalized spacial score (nSPS) is 11.1. The van der Waals surface area contributed by atoms with Gasteiger partial charge in [-0.3, -0.25) is 14.7 Å². The topological polar surface area (TPSA) is 108 Å². The van der Waals surface area contributed by atoms with Gasteiger partial charge in [0.15, 0.2) is 0 Å². The van der Waals surface area contributed by atoms with Crippen LogP contribution in [0, 0.1) is 6.92 Å². The Kier molecular flexibility index (Phi) is 4.74. The molecule has 142 valence electrons. The summed E-state index contributed by atoms with van der Waals surface area (Å²) in [6.07, 6.45) is 0. The molecule has 4 rings (SSSR count). The van der Waals surface area contributed by atoms with Gasteiger partial charge in [-0.2, -0.15) is 4.98 Å². The molecule has 1 amide bonds. The minimum absolute atomic E-state index is 0.224. The van der Waals surface area contributed by atoms with Crippen molar-refractivity contribution >= 4 is 34.7 Å². The molecular formula is C19H18N6O2S. The third-order valence-corrected chi connectivity index (χ3v) is 5.27. The monoisotopic (exact) mass is 394 g/mol. The number of aromatic amines is 2. The molecular weight excluding hydrogens is 376 g/mol. The number of carbonyl (C=O) groups is 1. The van der Waals surface area contributed by atoms with Gasteiger partial charge in [0.2, 0.25) is 11.1 Å². The third-order valence-electron chi connectivity index (χ3n) is 4.35. The molecule has 0 saturated carbocycles. The maximum atomic E-state index is 12.5. The highest BCUT2D eigenvalue weighted by Crippen LogP contribution is 2.20. The predicted molar refractivity (Wildman–Crippen MR) is 109 cm³/mol. The van der Waals surface area contributed by atoms with E-state index in [0.717, 1.165) is 11.3 Å². The number of aromatic nitrogens is 5. The number of hydrogen-bond acceptors (Lipinski definition) is 5. The number of hydrogen-bond donors (Lipinski definition) is 3. The van der Waals surface area contributed by atoms with Crippen molar-refractivity contribution in [1.82, 2.24) is 24.7 Å². The number of amides is 1. The first-order valence-electron chi connectivity index (χ1n) is 8.60. The van der Waals surface area contributed by atoms with Crippen LogP contribution in [0.1, 0.15) is 21.5 Å². The smallest absolute Gasteiger partial charge is 0.306 e. The van der Waals surface area contributed by atoms with Crippen molar-refractivity contribution < 1.29 is 4.79 Å². The Hall–Kier alpha value is -3.33. The Balaban J connectivity index is 1.42. The van der Waals surface area contributed by atoms with E-state index in [4.69, 9.17) is 0 Å². The van der Waals surface area contributed by atoms with Gasteiger partial charge in [-0.1, -0.05) is 41.6 Å². The fraction of sp³-hybridized carbons (Fsp3) is 0.158. The SMILES string of the molecule is Cc1ccc(CSc2n[nH]c(NC(=O)c3ccc4c(c3)[nH]c(=O)n4C)n2)cc1. The molecule has 0 bridgehead atoms. The molecule has 2 heterocycles. The lowest BCUT2D eigenvalue weighted by molar-refractivity contribution is 0.102. The zero-order valence-corrected chi connectivity index (χ0v) is 16.1. The molecule has 0 aliphatic heterocycles. The summed E-state index contributed by atoms with van der Waals surface area (Å²) in [5, 5.41) is 10.1. The van der Waals surface area contributed by atoms with Crippen molar-refractivity contribution in [3.63, 3.8) is 0 Å². The molecule has 0 aliphatic rings. The van der Waals surface area contributed by atoms with Crippen LogP contribution in [0.2, 0.25) is 0 Å². The molecule has 2 aromatic heterocycles. The number of carbonyl (C=O) groups excluding carboxylic acids is 1. The van der Waals surface area contributed by atoms with Crippen molar-refractivity contribution in [3.8, 4) is 0 Å². The van der Waals surface area contributed by atoms with Gasteiger partial charge in [-0.15, -0.1) is 5.10 Å². The van der Waals surface area contributed by atoms with E-state index in [-0.39, 0.29) is 17.5 Å². The van der Waals surface area contributed by atoms with Gasteiger partial charge >= 0.3 is 5.69 Å². The van der Waals surface area contributed by atoms with E-state index in [9.17, 15) is 9.59 Å². The summed E-state index contributed by atoms with van der Waals surface area (Å²) in [7, 11) is 1.67. The molecule has 0 spiro atoms. The Morgan fingerprint density at radius 1 is 1.21 bits per heavy atom. The van der Waals surface area contributed by atoms with Crippen LogP contribution in [-0.4, -0.2) is 30.6 Å². The standard InChI is InChI=1S/C19H18N6O2S/c1-11-3-5-12(6-4-11)10-28-18-22-17(23-24-18)21-16(26)13-7-8-15-14(9-13)20-19(27)25(15)2/h3-9H,10H2,1-2H3,(H,20,27)(H2,21,22,23,24,26). The van der Waals surface area contributed by atoms with Crippen molar-refractivity contribution in [2.75, 3.05) is 5.32 Å². The quantitative estimate of drug-likeness (QED) is 0.451. The minimum Gasteiger partial charge on any atom is -0.306 e. The molecule has 0 radical (unpaired) electrons. The summed E-state index contributed by atoms with van der Waals surface area (Å²) in [4.78, 5) is 31.1. The molecule has 3 N–H and O–H groups in total. The van der Waals surface area contributed by atoms with Crippen LogP contribution < -0.4 is 11.0 Å². The second-order valence-corrected chi connectivity index (χ2v) is 7.36. The number of benzene rings is 2. The number of fused-ring (bicyclic) bond motifs is 1. The molecule has 9 heteroatoms. The lowest BCUT2D eigenvalue weighted by Gasteiger charge is -2.02. The minimum atomic E-state index is -0.335. The number of H-pyrrole nitrogens is 2. The summed E-state index contributed by atoms with van der Waals surface area (Å²) in [5.74, 6) is 0.680. The Morgan fingerprint density at radius 2 is 2.00 bits per heavy atom. The number of aryl methyl sites for hydroxylation is 2. The second kappa shape index (κ2) is 7.35. The number of nitrogens with one attached hydrogen (secondary N) is 3. The lowest BCUT2D eigenvalue weighted by Crippen LogP contribution is -2.13. The predicted octanol–water partition coefficient (Wildman–Crippen LogP) is 2.84. The zero-order valence-electron chi connectivity index (χ0n) is 15.3. The number of nitrogens with zero attached hydrogens (tertiary/aromatic N) is 3. The van der Waals surface area contributed by atoms with E-state index >= 15 is 0 Å². The third kappa shape index (κ3) is 3.70. The fourth-order valence-corrected chi connectivity index (χ4v) is 3.51. The molecule has 0 atom stereocenters. The molecule has 2 aromatic carbocycles. The van der Waals surface area contributed by atoms with Gasteiger partial charge in [-0.05, 0) is 30.7 Å². The highest BCUT2D eigenvalue weighted by molar-refractivity contribution is 7.98. The summed E-state index contributed by atoms with van der Waals surface area (Å²) in [6.45, 7) is 2.05. The van der Waals surface area contributed by atoms with Gasteiger partial charge in [0.1, 0.15) is 0 Å². The summed E-state index contributed by atoms with van der Waals surface area (Å²) in [5.41, 5.74) is 3.92. The van der Waals surface area contributed by atoms with Crippen LogP contribution in [0.5, 0.6) is 0 Å². The fourth-order valence-electron chi connectivity index (χ4n) is 2.76. The first kappa shape index (κ1) is 18.1. The van der Waals surface area contributed by atoms with Crippen LogP contribution in [0.15, 0.2) is 52.4 Å². The number of imidazole rings is 1. The second-order valence-electron chi connectivity index (χ2n) is 6.42. The molecule has 8 nitrogen and oxygen atoms in total. The van der Waals surface area contributed by atoms with E-state index in [2.05, 4.69) is 49.7 Å². The molecule has 28 heavy (non-hydrogen) atoms. The van der Waals surface area contributed by atoms with Crippen molar-refractivity contribution in [2.45, 2.75) is 17.8 Å². The van der Waals surface area contributed by atoms with Crippen molar-refractivity contribution in [2.24, 2.45) is 7.05 Å². The van der Waals surface area contributed by atoms with Gasteiger partial charge in [0.25, 0.3) is 5.91 Å². The summed E-state index contributed by atoms with van der Waals surface area (Å²) >= 11 is 1.48. The van der Waals surface area contributed by atoms with Gasteiger partial charge < -0.3 is 4.98 Å². The summed E-state index contributed by atoms with van der Waals surface area (Å²) in [6, 6.07) is 13.3. The van der Waals surface area contributed by atoms with Gasteiger partial charge in [-0.25, -0.2) is 9.89 Å². The van der Waals surface area contributed by atoms with Crippen LogP contribution >= 0.6 is 11.8 Å². The molecule has 0 aliphatic carbocycles. The Labute approximate surface area is 164 Å². The highest BCUT2D eigenvalue weighted by atomic mass is 32.2. The van der Waals surface area contributed by atoms with E-state index in [1.165, 1.54) is 27.5 Å². The zero-order chi connectivity index (χ0) is 19.7. The maximum absolute atomic E-state index is 12.5. The first-order chi connectivity index (χ1) is 13.5. The lowest BCUT2D eigenvalue weighted by atomic mass is 10.2. The van der Waals surface area contributed by atoms with Crippen LogP contribution in [0.25, 0.3) is 11.0 Å². The first-order valence-corrected chi connectivity index (χ1v) is 9.59. The molecule has 4 aromatic rings. The van der Waals surface area contributed by atoms with E-state index in [1.807, 2.05) is 6.92 Å². The van der Waals surface area contributed by atoms with Crippen LogP contribution in [0.4, 0.5) is 5.95 Å². The Morgan fingerprint density at radius 3 is 2.79 bits per heavy atom. The number of rotatable bonds is 5. The molecule has 0 fully saturated rings. The highest BCUT2D eigenvalue weighted by Gasteiger charge is 2.12. The average molecular weight is 394 g/mol. The van der Waals surface area contributed by atoms with Gasteiger partial charge in [0.05, 0.1) is 11.0 Å². The average Bonchev–Trinajstić information content (AvgIpc) is 3.25. The van der Waals surface area contributed by atoms with Crippen molar-refractivity contribution in [1.29, 1.82) is 0 Å². The molecule has 0 saturated heterocycles. The van der Waals surface area contributed by atoms with Gasteiger partial charge in [0, 0.05) is 18.4 Å². The number of thioether (sulfide) groups is 1. The van der Waals surface area contributed by atoms with Crippen LogP contribution in [0.3, 0.4) is 0 Å². The van der Waals surface area contributed by atoms with E-state index in [0.29, 0.717) is 16.2 Å².